The molecule has 0 saturated carbocycles. The number of nitrogens with one attached hydrogen (secondary N) is 1. The highest BCUT2D eigenvalue weighted by atomic mass is 79.9. The van der Waals surface area contributed by atoms with Crippen LogP contribution < -0.4 is 10.1 Å². The lowest BCUT2D eigenvalue weighted by Gasteiger charge is -2.12. The molecule has 1 aromatic heterocycles. The number of benzene rings is 3. The molecule has 4 aromatic rings. The van der Waals surface area contributed by atoms with Crippen LogP contribution >= 0.6 is 59.6 Å². The number of anilines is 1. The zero-order chi connectivity index (χ0) is 24.1. The van der Waals surface area contributed by atoms with Crippen LogP contribution in [0, 0.1) is 0 Å². The minimum atomic E-state index is -0.156. The number of ether oxygens (including phenoxy) is 1. The number of halogens is 3. The van der Waals surface area contributed by atoms with Crippen molar-refractivity contribution >= 4 is 71.1 Å². The standard InChI is InChI=1S/C24H19Br3N4O2S/c1-2-33-18-10-8-17(9-11-18)31-23(15-6-4-3-5-7-15)29-30-24(31)34-14-21(32)28-22-19(26)12-16(25)13-20(22)27/h3-13H,2,14H2,1H3,(H,28,32). The molecule has 4 rings (SSSR count). The van der Waals surface area contributed by atoms with Gasteiger partial charge in [-0.1, -0.05) is 58.0 Å². The molecule has 0 aliphatic rings. The second-order valence-electron chi connectivity index (χ2n) is 7.02. The summed E-state index contributed by atoms with van der Waals surface area (Å²) in [5.74, 6) is 1.50. The Balaban J connectivity index is 1.59. The van der Waals surface area contributed by atoms with Gasteiger partial charge in [0.1, 0.15) is 5.75 Å². The monoisotopic (exact) mass is 664 g/mol. The fourth-order valence-electron chi connectivity index (χ4n) is 3.20. The third kappa shape index (κ3) is 5.91. The van der Waals surface area contributed by atoms with Gasteiger partial charge in [-0.05, 0) is 75.2 Å². The normalized spacial score (nSPS) is 10.8. The molecule has 10 heteroatoms. The fraction of sp³-hybridized carbons (Fsp3) is 0.125. The van der Waals surface area contributed by atoms with Gasteiger partial charge in [-0.25, -0.2) is 0 Å². The van der Waals surface area contributed by atoms with Crippen LogP contribution in [0.4, 0.5) is 5.69 Å². The Bertz CT molecular complexity index is 1270. The predicted octanol–water partition coefficient (Wildman–Crippen LogP) is 7.35. The number of nitrogens with zero attached hydrogens (tertiary/aromatic N) is 3. The summed E-state index contributed by atoms with van der Waals surface area (Å²) in [7, 11) is 0. The molecule has 0 atom stereocenters. The lowest BCUT2D eigenvalue weighted by atomic mass is 10.2. The van der Waals surface area contributed by atoms with Gasteiger partial charge < -0.3 is 10.1 Å². The van der Waals surface area contributed by atoms with Crippen LogP contribution in [0.2, 0.25) is 0 Å². The van der Waals surface area contributed by atoms with E-state index < -0.39 is 0 Å². The molecular weight excluding hydrogens is 648 g/mol. The van der Waals surface area contributed by atoms with E-state index in [4.69, 9.17) is 4.74 Å². The van der Waals surface area contributed by atoms with E-state index in [0.717, 1.165) is 30.4 Å². The zero-order valence-corrected chi connectivity index (χ0v) is 23.5. The summed E-state index contributed by atoms with van der Waals surface area (Å²) >= 11 is 11.7. The molecule has 0 saturated heterocycles. The van der Waals surface area contributed by atoms with Crippen molar-refractivity contribution in [3.8, 4) is 22.8 Å². The summed E-state index contributed by atoms with van der Waals surface area (Å²) in [6.45, 7) is 2.55. The van der Waals surface area contributed by atoms with Crippen molar-refractivity contribution in [2.75, 3.05) is 17.7 Å². The Morgan fingerprint density at radius 3 is 2.32 bits per heavy atom. The summed E-state index contributed by atoms with van der Waals surface area (Å²) in [5, 5.41) is 12.4. The highest BCUT2D eigenvalue weighted by Crippen LogP contribution is 2.35. The van der Waals surface area contributed by atoms with E-state index in [-0.39, 0.29) is 11.7 Å². The van der Waals surface area contributed by atoms with Gasteiger partial charge in [0.05, 0.1) is 18.0 Å². The summed E-state index contributed by atoms with van der Waals surface area (Å²) < 4.78 is 9.98. The Morgan fingerprint density at radius 2 is 1.68 bits per heavy atom. The molecule has 1 heterocycles. The first-order chi connectivity index (χ1) is 16.5. The van der Waals surface area contributed by atoms with Gasteiger partial charge >= 0.3 is 0 Å². The number of amides is 1. The second kappa shape index (κ2) is 11.5. The summed E-state index contributed by atoms with van der Waals surface area (Å²) in [4.78, 5) is 12.8. The first-order valence-corrected chi connectivity index (χ1v) is 13.6. The third-order valence-corrected chi connectivity index (χ3v) is 7.31. The van der Waals surface area contributed by atoms with Crippen LogP contribution in [0.1, 0.15) is 6.92 Å². The molecule has 0 bridgehead atoms. The third-order valence-electron chi connectivity index (χ3n) is 4.67. The number of hydrogen-bond donors (Lipinski definition) is 1. The second-order valence-corrected chi connectivity index (χ2v) is 10.6. The highest BCUT2D eigenvalue weighted by molar-refractivity contribution is 9.11. The average Bonchev–Trinajstić information content (AvgIpc) is 3.25. The molecule has 0 aliphatic heterocycles. The van der Waals surface area contributed by atoms with Crippen LogP contribution in [-0.4, -0.2) is 33.0 Å². The smallest absolute Gasteiger partial charge is 0.234 e. The highest BCUT2D eigenvalue weighted by Gasteiger charge is 2.18. The van der Waals surface area contributed by atoms with Crippen molar-refractivity contribution in [1.82, 2.24) is 14.8 Å². The number of hydrogen-bond acceptors (Lipinski definition) is 5. The Morgan fingerprint density at radius 1 is 1.00 bits per heavy atom. The molecule has 0 radical (unpaired) electrons. The molecule has 0 spiro atoms. The molecular formula is C24H19Br3N4O2S. The maximum absolute atomic E-state index is 12.8. The zero-order valence-electron chi connectivity index (χ0n) is 18.0. The van der Waals surface area contributed by atoms with Crippen LogP contribution in [0.15, 0.2) is 85.3 Å². The van der Waals surface area contributed by atoms with Crippen LogP contribution in [0.5, 0.6) is 5.75 Å². The number of thioether (sulfide) groups is 1. The average molecular weight is 667 g/mol. The summed E-state index contributed by atoms with van der Waals surface area (Å²) in [6, 6.07) is 21.3. The Kier molecular flexibility index (Phi) is 8.46. The Hall–Kier alpha value is -2.14. The molecule has 174 valence electrons. The molecule has 0 aliphatic carbocycles. The van der Waals surface area contributed by atoms with Crippen molar-refractivity contribution in [3.05, 3.63) is 80.1 Å². The summed E-state index contributed by atoms with van der Waals surface area (Å²) in [6.07, 6.45) is 0. The molecule has 0 unspecified atom stereocenters. The number of carbonyl (C=O) groups is 1. The van der Waals surface area contributed by atoms with Gasteiger partial charge in [-0.15, -0.1) is 10.2 Å². The van der Waals surface area contributed by atoms with Gasteiger partial charge in [0.15, 0.2) is 11.0 Å². The SMILES string of the molecule is CCOc1ccc(-n2c(SCC(=O)Nc3c(Br)cc(Br)cc3Br)nnc2-c2ccccc2)cc1. The molecule has 1 N–H and O–H groups in total. The van der Waals surface area contributed by atoms with E-state index in [9.17, 15) is 4.79 Å². The lowest BCUT2D eigenvalue weighted by molar-refractivity contribution is -0.113. The van der Waals surface area contributed by atoms with Gasteiger partial charge in [0.2, 0.25) is 5.91 Å². The van der Waals surface area contributed by atoms with Crippen LogP contribution in [-0.2, 0) is 4.79 Å². The molecule has 34 heavy (non-hydrogen) atoms. The van der Waals surface area contributed by atoms with Crippen molar-refractivity contribution in [3.63, 3.8) is 0 Å². The van der Waals surface area contributed by atoms with Crippen molar-refractivity contribution in [2.45, 2.75) is 12.1 Å². The van der Waals surface area contributed by atoms with Gasteiger partial charge in [-0.2, -0.15) is 0 Å². The van der Waals surface area contributed by atoms with Crippen LogP contribution in [0.25, 0.3) is 17.1 Å². The number of aromatic nitrogens is 3. The van der Waals surface area contributed by atoms with Crippen molar-refractivity contribution < 1.29 is 9.53 Å². The van der Waals surface area contributed by atoms with Gasteiger partial charge in [0, 0.05) is 24.7 Å². The number of carbonyl (C=O) groups excluding carboxylic acids is 1. The summed E-state index contributed by atoms with van der Waals surface area (Å²) in [5.41, 5.74) is 2.49. The van der Waals surface area contributed by atoms with Crippen molar-refractivity contribution in [1.29, 1.82) is 0 Å². The van der Waals surface area contributed by atoms with Crippen molar-refractivity contribution in [2.24, 2.45) is 0 Å². The predicted molar refractivity (Wildman–Crippen MR) is 147 cm³/mol. The lowest BCUT2D eigenvalue weighted by Crippen LogP contribution is -2.15. The fourth-order valence-corrected chi connectivity index (χ4v) is 6.40. The maximum atomic E-state index is 12.8. The van der Waals surface area contributed by atoms with Crippen LogP contribution in [0.3, 0.4) is 0 Å². The largest absolute Gasteiger partial charge is 0.494 e. The Labute approximate surface area is 226 Å². The maximum Gasteiger partial charge on any atom is 0.234 e. The van der Waals surface area contributed by atoms with E-state index in [2.05, 4.69) is 63.3 Å². The molecule has 0 fully saturated rings. The minimum Gasteiger partial charge on any atom is -0.494 e. The number of rotatable bonds is 8. The molecule has 3 aromatic carbocycles. The quantitative estimate of drug-likeness (QED) is 0.199. The van der Waals surface area contributed by atoms with Gasteiger partial charge in [-0.3, -0.25) is 9.36 Å². The first-order valence-electron chi connectivity index (χ1n) is 10.3. The topological polar surface area (TPSA) is 69.0 Å². The molecule has 1 amide bonds. The van der Waals surface area contributed by atoms with E-state index in [1.807, 2.05) is 78.2 Å². The van der Waals surface area contributed by atoms with E-state index in [1.165, 1.54) is 11.8 Å². The van der Waals surface area contributed by atoms with E-state index in [1.54, 1.807) is 0 Å². The first kappa shape index (κ1) is 25.0. The molecule has 6 nitrogen and oxygen atoms in total. The van der Waals surface area contributed by atoms with E-state index in [0.29, 0.717) is 23.3 Å². The minimum absolute atomic E-state index is 0.156. The van der Waals surface area contributed by atoms with Gasteiger partial charge in [0.25, 0.3) is 0 Å². The van der Waals surface area contributed by atoms with E-state index >= 15 is 0 Å².